The first kappa shape index (κ1) is 13.4. The molecule has 1 aromatic rings. The Labute approximate surface area is 112 Å². The first-order valence-corrected chi connectivity index (χ1v) is 6.95. The fourth-order valence-electron chi connectivity index (χ4n) is 2.12. The van der Waals surface area contributed by atoms with Crippen LogP contribution in [-0.2, 0) is 5.41 Å². The third kappa shape index (κ3) is 2.40. The first-order valence-electron chi connectivity index (χ1n) is 6.18. The van der Waals surface area contributed by atoms with Gasteiger partial charge in [-0.2, -0.15) is 0 Å². The maximum atomic E-state index is 12.5. The molecule has 0 spiro atoms. The number of likely N-dealkylation sites (tertiary alicyclic amines) is 1. The van der Waals surface area contributed by atoms with E-state index in [-0.39, 0.29) is 17.4 Å². The molecule has 1 aliphatic heterocycles. The van der Waals surface area contributed by atoms with Gasteiger partial charge in [0.2, 0.25) is 0 Å². The van der Waals surface area contributed by atoms with E-state index in [0.29, 0.717) is 17.3 Å². The van der Waals surface area contributed by atoms with Gasteiger partial charge in [-0.05, 0) is 17.5 Å². The Morgan fingerprint density at radius 1 is 1.44 bits per heavy atom. The number of carbonyl (C=O) groups excluding carboxylic acids is 1. The molecule has 0 bridgehead atoms. The lowest BCUT2D eigenvalue weighted by atomic mass is 9.91. The van der Waals surface area contributed by atoms with Crippen molar-refractivity contribution in [2.24, 2.45) is 11.7 Å². The largest absolute Gasteiger partial charge is 0.336 e. The van der Waals surface area contributed by atoms with Gasteiger partial charge in [0.05, 0.1) is 5.69 Å². The molecular formula is C12H20N4OS. The highest BCUT2D eigenvalue weighted by atomic mass is 32.1. The summed E-state index contributed by atoms with van der Waals surface area (Å²) in [6.07, 6.45) is 0. The Bertz CT molecular complexity index is 441. The van der Waals surface area contributed by atoms with Crippen LogP contribution in [0.2, 0.25) is 0 Å². The van der Waals surface area contributed by atoms with E-state index in [4.69, 9.17) is 5.73 Å². The lowest BCUT2D eigenvalue weighted by Gasteiger charge is -2.19. The van der Waals surface area contributed by atoms with Crippen molar-refractivity contribution in [3.63, 3.8) is 0 Å². The molecule has 1 aromatic heterocycles. The van der Waals surface area contributed by atoms with Crippen LogP contribution in [0.15, 0.2) is 0 Å². The molecule has 1 aliphatic rings. The fourth-order valence-corrected chi connectivity index (χ4v) is 2.97. The van der Waals surface area contributed by atoms with E-state index in [0.717, 1.165) is 12.2 Å². The topological polar surface area (TPSA) is 72.1 Å². The number of hydrogen-bond donors (Lipinski definition) is 1. The number of amides is 1. The Morgan fingerprint density at radius 3 is 2.61 bits per heavy atom. The summed E-state index contributed by atoms with van der Waals surface area (Å²) in [6.45, 7) is 9.55. The highest BCUT2D eigenvalue weighted by Gasteiger charge is 2.34. The average Bonchev–Trinajstić information content (AvgIpc) is 2.84. The van der Waals surface area contributed by atoms with Gasteiger partial charge in [0.15, 0.2) is 0 Å². The molecule has 6 heteroatoms. The van der Waals surface area contributed by atoms with E-state index in [1.165, 1.54) is 11.5 Å². The van der Waals surface area contributed by atoms with E-state index in [2.05, 4.69) is 16.5 Å². The van der Waals surface area contributed by atoms with Crippen LogP contribution in [0.5, 0.6) is 0 Å². The number of carbonyl (C=O) groups is 1. The molecule has 1 amide bonds. The van der Waals surface area contributed by atoms with Crippen molar-refractivity contribution >= 4 is 17.4 Å². The first-order chi connectivity index (χ1) is 8.30. The zero-order valence-electron chi connectivity index (χ0n) is 11.3. The Hall–Kier alpha value is -1.01. The molecule has 1 saturated heterocycles. The molecule has 2 N–H and O–H groups in total. The molecule has 0 saturated carbocycles. The van der Waals surface area contributed by atoms with Crippen LogP contribution >= 0.6 is 11.5 Å². The maximum absolute atomic E-state index is 12.5. The molecule has 2 rings (SSSR count). The quantitative estimate of drug-likeness (QED) is 0.832. The van der Waals surface area contributed by atoms with Crippen LogP contribution in [-0.4, -0.2) is 39.5 Å². The fraction of sp³-hybridized carbons (Fsp3) is 0.750. The van der Waals surface area contributed by atoms with Crippen LogP contribution in [0.25, 0.3) is 0 Å². The van der Waals surface area contributed by atoms with Crippen molar-refractivity contribution in [3.05, 3.63) is 10.6 Å². The second-order valence-corrected chi connectivity index (χ2v) is 6.81. The van der Waals surface area contributed by atoms with Crippen molar-refractivity contribution in [1.29, 1.82) is 0 Å². The maximum Gasteiger partial charge on any atom is 0.267 e. The lowest BCUT2D eigenvalue weighted by molar-refractivity contribution is 0.0789. The average molecular weight is 268 g/mol. The smallest absolute Gasteiger partial charge is 0.267 e. The summed E-state index contributed by atoms with van der Waals surface area (Å²) in [4.78, 5) is 14.9. The zero-order valence-corrected chi connectivity index (χ0v) is 12.1. The van der Waals surface area contributed by atoms with Gasteiger partial charge in [0, 0.05) is 24.5 Å². The summed E-state index contributed by atoms with van der Waals surface area (Å²) in [5.74, 6) is 0.377. The van der Waals surface area contributed by atoms with E-state index in [1.54, 1.807) is 0 Å². The normalized spacial score (nSPS) is 24.6. The molecule has 0 aromatic carbocycles. The number of hydrogen-bond acceptors (Lipinski definition) is 5. The minimum Gasteiger partial charge on any atom is -0.336 e. The molecule has 18 heavy (non-hydrogen) atoms. The van der Waals surface area contributed by atoms with Crippen molar-refractivity contribution in [1.82, 2.24) is 14.5 Å². The van der Waals surface area contributed by atoms with Crippen molar-refractivity contribution in [2.75, 3.05) is 13.1 Å². The SMILES string of the molecule is CC1CN(C(=O)c2snnc2C(C)(C)C)CC1N. The van der Waals surface area contributed by atoms with E-state index in [9.17, 15) is 4.79 Å². The van der Waals surface area contributed by atoms with Gasteiger partial charge in [-0.3, -0.25) is 4.79 Å². The predicted molar refractivity (Wildman–Crippen MR) is 71.7 cm³/mol. The highest BCUT2D eigenvalue weighted by Crippen LogP contribution is 2.28. The van der Waals surface area contributed by atoms with Gasteiger partial charge in [-0.25, -0.2) is 0 Å². The molecule has 2 heterocycles. The standard InChI is InChI=1S/C12H20N4OS/c1-7-5-16(6-8(7)13)11(17)9-10(12(2,3)4)14-15-18-9/h7-8H,5-6,13H2,1-4H3. The molecular weight excluding hydrogens is 248 g/mol. The Balaban J connectivity index is 2.23. The molecule has 1 fully saturated rings. The van der Waals surface area contributed by atoms with E-state index >= 15 is 0 Å². The van der Waals surface area contributed by atoms with Crippen molar-refractivity contribution in [2.45, 2.75) is 39.2 Å². The number of nitrogens with two attached hydrogens (primary N) is 1. The van der Waals surface area contributed by atoms with Gasteiger partial charge in [0.1, 0.15) is 4.88 Å². The molecule has 5 nitrogen and oxygen atoms in total. The number of aromatic nitrogens is 2. The number of nitrogens with zero attached hydrogens (tertiary/aromatic N) is 3. The summed E-state index contributed by atoms with van der Waals surface area (Å²) in [7, 11) is 0. The van der Waals surface area contributed by atoms with Gasteiger partial charge in [0.25, 0.3) is 5.91 Å². The monoisotopic (exact) mass is 268 g/mol. The summed E-state index contributed by atoms with van der Waals surface area (Å²) >= 11 is 1.18. The Morgan fingerprint density at radius 2 is 2.11 bits per heavy atom. The van der Waals surface area contributed by atoms with E-state index < -0.39 is 0 Å². The summed E-state index contributed by atoms with van der Waals surface area (Å²) < 4.78 is 3.93. The second kappa shape index (κ2) is 4.59. The van der Waals surface area contributed by atoms with Crippen molar-refractivity contribution < 1.29 is 4.79 Å². The molecule has 2 unspecified atom stereocenters. The summed E-state index contributed by atoms with van der Waals surface area (Å²) in [6, 6.07) is 0.0768. The van der Waals surface area contributed by atoms with Crippen LogP contribution in [0.3, 0.4) is 0 Å². The minimum atomic E-state index is -0.161. The zero-order chi connectivity index (χ0) is 13.5. The van der Waals surface area contributed by atoms with Crippen LogP contribution in [0.4, 0.5) is 0 Å². The molecule has 0 aliphatic carbocycles. The molecule has 2 atom stereocenters. The van der Waals surface area contributed by atoms with Gasteiger partial charge in [-0.1, -0.05) is 32.2 Å². The molecule has 0 radical (unpaired) electrons. The minimum absolute atomic E-state index is 0.0229. The number of rotatable bonds is 1. The lowest BCUT2D eigenvalue weighted by Crippen LogP contribution is -2.33. The van der Waals surface area contributed by atoms with Crippen molar-refractivity contribution in [3.8, 4) is 0 Å². The van der Waals surface area contributed by atoms with Gasteiger partial charge < -0.3 is 10.6 Å². The predicted octanol–water partition coefficient (Wildman–Crippen LogP) is 1.25. The highest BCUT2D eigenvalue weighted by molar-refractivity contribution is 7.08. The van der Waals surface area contributed by atoms with Gasteiger partial charge in [-0.15, -0.1) is 5.10 Å². The van der Waals surface area contributed by atoms with Gasteiger partial charge >= 0.3 is 0 Å². The third-order valence-corrected chi connectivity index (χ3v) is 4.06. The summed E-state index contributed by atoms with van der Waals surface area (Å²) in [5, 5.41) is 4.11. The van der Waals surface area contributed by atoms with Crippen LogP contribution < -0.4 is 5.73 Å². The Kier molecular flexibility index (Phi) is 3.42. The third-order valence-electron chi connectivity index (χ3n) is 3.35. The van der Waals surface area contributed by atoms with Crippen LogP contribution in [0.1, 0.15) is 43.1 Å². The second-order valence-electron chi connectivity index (χ2n) is 6.05. The van der Waals surface area contributed by atoms with E-state index in [1.807, 2.05) is 25.7 Å². The molecule has 100 valence electrons. The van der Waals surface area contributed by atoms with Crippen LogP contribution in [0, 0.1) is 5.92 Å². The summed E-state index contributed by atoms with van der Waals surface area (Å²) in [5.41, 5.74) is 6.58.